The van der Waals surface area contributed by atoms with Crippen LogP contribution in [0.25, 0.3) is 0 Å². The molecule has 7 heteroatoms. The summed E-state index contributed by atoms with van der Waals surface area (Å²) in [6, 6.07) is 1.55. The summed E-state index contributed by atoms with van der Waals surface area (Å²) >= 11 is 6.13. The minimum Gasteiger partial charge on any atom is -0.481 e. The number of amides is 1. The number of rotatable bonds is 6. The van der Waals surface area contributed by atoms with E-state index in [-0.39, 0.29) is 12.3 Å². The maximum atomic E-state index is 11.8. The Morgan fingerprint density at radius 2 is 2.05 bits per heavy atom. The number of anilines is 1. The first-order chi connectivity index (χ1) is 9.62. The third kappa shape index (κ3) is 5.23. The topological polar surface area (TPSA) is 82.5 Å². The monoisotopic (exact) mass is 313 g/mol. The van der Waals surface area contributed by atoms with E-state index in [1.165, 1.54) is 11.1 Å². The van der Waals surface area contributed by atoms with E-state index in [0.717, 1.165) is 0 Å². The molecule has 6 nitrogen and oxygen atoms in total. The van der Waals surface area contributed by atoms with Crippen molar-refractivity contribution in [3.05, 3.63) is 22.8 Å². The Balaban J connectivity index is 2.85. The van der Waals surface area contributed by atoms with Crippen LogP contribution in [-0.4, -0.2) is 46.5 Å². The second-order valence-corrected chi connectivity index (χ2v) is 6.06. The maximum absolute atomic E-state index is 11.8. The summed E-state index contributed by atoms with van der Waals surface area (Å²) in [5.74, 6) is -0.598. The normalized spacial score (nSPS) is 11.1. The Kier molecular flexibility index (Phi) is 5.54. The van der Waals surface area contributed by atoms with E-state index >= 15 is 0 Å². The number of hydrogen-bond donors (Lipinski definition) is 2. The number of aromatic nitrogens is 1. The summed E-state index contributed by atoms with van der Waals surface area (Å²) in [6.07, 6.45) is 1.93. The van der Waals surface area contributed by atoms with E-state index < -0.39 is 11.5 Å². The van der Waals surface area contributed by atoms with Gasteiger partial charge in [0, 0.05) is 32.3 Å². The molecule has 0 aliphatic carbocycles. The number of nitrogens with zero attached hydrogens (tertiary/aromatic N) is 2. The van der Waals surface area contributed by atoms with Gasteiger partial charge >= 0.3 is 5.97 Å². The minimum atomic E-state index is -0.851. The van der Waals surface area contributed by atoms with E-state index in [2.05, 4.69) is 10.3 Å². The molecular formula is C14H20ClN3O3. The van der Waals surface area contributed by atoms with Gasteiger partial charge in [0.2, 0.25) is 0 Å². The standard InChI is InChI=1S/C14H20ClN3O3/c1-14(2,6-5-11(19)20)17-12-10(15)7-9(8-16-12)13(21)18(3)4/h7-8H,5-6H2,1-4H3,(H,16,17)(H,19,20). The summed E-state index contributed by atoms with van der Waals surface area (Å²) in [6.45, 7) is 3.74. The Labute approximate surface area is 129 Å². The molecule has 0 aromatic carbocycles. The van der Waals surface area contributed by atoms with Gasteiger partial charge in [-0.2, -0.15) is 0 Å². The quantitative estimate of drug-likeness (QED) is 0.843. The first kappa shape index (κ1) is 17.2. The number of halogens is 1. The zero-order chi connectivity index (χ0) is 16.2. The van der Waals surface area contributed by atoms with Crippen molar-refractivity contribution in [2.45, 2.75) is 32.2 Å². The molecule has 0 aliphatic rings. The van der Waals surface area contributed by atoms with Gasteiger partial charge in [-0.05, 0) is 26.3 Å². The molecule has 1 heterocycles. The molecule has 0 atom stereocenters. The van der Waals surface area contributed by atoms with Crippen LogP contribution in [0, 0.1) is 0 Å². The smallest absolute Gasteiger partial charge is 0.303 e. The molecule has 1 rings (SSSR count). The van der Waals surface area contributed by atoms with Crippen molar-refractivity contribution in [3.63, 3.8) is 0 Å². The zero-order valence-electron chi connectivity index (χ0n) is 12.6. The second-order valence-electron chi connectivity index (χ2n) is 5.66. The predicted octanol–water partition coefficient (Wildman–Crippen LogP) is 2.49. The predicted molar refractivity (Wildman–Crippen MR) is 81.8 cm³/mol. The molecule has 1 aromatic rings. The lowest BCUT2D eigenvalue weighted by Crippen LogP contribution is -2.32. The number of carbonyl (C=O) groups is 2. The third-order valence-corrected chi connectivity index (χ3v) is 3.20. The maximum Gasteiger partial charge on any atom is 0.303 e. The van der Waals surface area contributed by atoms with E-state index in [9.17, 15) is 9.59 Å². The van der Waals surface area contributed by atoms with E-state index in [1.807, 2.05) is 13.8 Å². The number of carboxylic acids is 1. The van der Waals surface area contributed by atoms with Crippen LogP contribution >= 0.6 is 11.6 Å². The van der Waals surface area contributed by atoms with Crippen molar-refractivity contribution in [2.24, 2.45) is 0 Å². The van der Waals surface area contributed by atoms with Gasteiger partial charge in [-0.3, -0.25) is 9.59 Å². The van der Waals surface area contributed by atoms with Crippen molar-refractivity contribution < 1.29 is 14.7 Å². The third-order valence-electron chi connectivity index (χ3n) is 2.91. The number of nitrogens with one attached hydrogen (secondary N) is 1. The zero-order valence-corrected chi connectivity index (χ0v) is 13.4. The van der Waals surface area contributed by atoms with E-state index in [4.69, 9.17) is 16.7 Å². The molecular weight excluding hydrogens is 294 g/mol. The average molecular weight is 314 g/mol. The van der Waals surface area contributed by atoms with Crippen molar-refractivity contribution in [1.29, 1.82) is 0 Å². The number of hydrogen-bond acceptors (Lipinski definition) is 4. The van der Waals surface area contributed by atoms with Gasteiger partial charge in [0.1, 0.15) is 5.82 Å². The molecule has 1 amide bonds. The van der Waals surface area contributed by atoms with Gasteiger partial charge < -0.3 is 15.3 Å². The van der Waals surface area contributed by atoms with Gasteiger partial charge in [-0.25, -0.2) is 4.98 Å². The van der Waals surface area contributed by atoms with E-state index in [0.29, 0.717) is 22.8 Å². The van der Waals surface area contributed by atoms with Gasteiger partial charge in [0.25, 0.3) is 5.91 Å². The molecule has 116 valence electrons. The van der Waals surface area contributed by atoms with Crippen LogP contribution in [0.1, 0.15) is 37.0 Å². The summed E-state index contributed by atoms with van der Waals surface area (Å²) in [4.78, 5) is 28.0. The lowest BCUT2D eigenvalue weighted by molar-refractivity contribution is -0.137. The second kappa shape index (κ2) is 6.76. The Bertz CT molecular complexity index is 544. The first-order valence-electron chi connectivity index (χ1n) is 6.49. The fourth-order valence-corrected chi connectivity index (χ4v) is 1.92. The van der Waals surface area contributed by atoms with Gasteiger partial charge in [-0.15, -0.1) is 0 Å². The van der Waals surface area contributed by atoms with E-state index in [1.54, 1.807) is 20.2 Å². The summed E-state index contributed by atoms with van der Waals surface area (Å²) in [7, 11) is 3.30. The largest absolute Gasteiger partial charge is 0.481 e. The Hall–Kier alpha value is -1.82. The van der Waals surface area contributed by atoms with Crippen molar-refractivity contribution in [2.75, 3.05) is 19.4 Å². The number of pyridine rings is 1. The first-order valence-corrected chi connectivity index (χ1v) is 6.87. The van der Waals surface area contributed by atoms with Crippen LogP contribution in [0.4, 0.5) is 5.82 Å². The highest BCUT2D eigenvalue weighted by molar-refractivity contribution is 6.33. The van der Waals surface area contributed by atoms with Crippen molar-refractivity contribution in [3.8, 4) is 0 Å². The lowest BCUT2D eigenvalue weighted by Gasteiger charge is -2.27. The molecule has 0 spiro atoms. The van der Waals surface area contributed by atoms with Crippen LogP contribution < -0.4 is 5.32 Å². The fraction of sp³-hybridized carbons (Fsp3) is 0.500. The Morgan fingerprint density at radius 3 is 2.52 bits per heavy atom. The molecule has 0 saturated heterocycles. The van der Waals surface area contributed by atoms with Crippen LogP contribution in [0.2, 0.25) is 5.02 Å². The molecule has 0 bridgehead atoms. The molecule has 21 heavy (non-hydrogen) atoms. The van der Waals surface area contributed by atoms with Crippen LogP contribution in [0.5, 0.6) is 0 Å². The van der Waals surface area contributed by atoms with Crippen molar-refractivity contribution in [1.82, 2.24) is 9.88 Å². The van der Waals surface area contributed by atoms with Crippen LogP contribution in [0.15, 0.2) is 12.3 Å². The molecule has 0 aliphatic heterocycles. The van der Waals surface area contributed by atoms with Gasteiger partial charge in [0.15, 0.2) is 0 Å². The molecule has 0 radical (unpaired) electrons. The average Bonchev–Trinajstić information content (AvgIpc) is 2.38. The molecule has 0 saturated carbocycles. The number of carboxylic acid groups (broad SMARTS) is 1. The highest BCUT2D eigenvalue weighted by Gasteiger charge is 2.21. The molecule has 0 unspecified atom stereocenters. The molecule has 2 N–H and O–H groups in total. The van der Waals surface area contributed by atoms with Crippen molar-refractivity contribution >= 4 is 29.3 Å². The molecule has 0 fully saturated rings. The van der Waals surface area contributed by atoms with Crippen LogP contribution in [-0.2, 0) is 4.79 Å². The SMILES string of the molecule is CN(C)C(=O)c1cnc(NC(C)(C)CCC(=O)O)c(Cl)c1. The summed E-state index contributed by atoms with van der Waals surface area (Å²) in [5.41, 5.74) is -0.0684. The molecule has 1 aromatic heterocycles. The van der Waals surface area contributed by atoms with Gasteiger partial charge in [0.05, 0.1) is 10.6 Å². The summed E-state index contributed by atoms with van der Waals surface area (Å²) in [5, 5.41) is 12.2. The van der Waals surface area contributed by atoms with Crippen LogP contribution in [0.3, 0.4) is 0 Å². The highest BCUT2D eigenvalue weighted by Crippen LogP contribution is 2.25. The minimum absolute atomic E-state index is 0.0504. The number of aliphatic carboxylic acids is 1. The van der Waals surface area contributed by atoms with Gasteiger partial charge in [-0.1, -0.05) is 11.6 Å². The highest BCUT2D eigenvalue weighted by atomic mass is 35.5. The number of carbonyl (C=O) groups excluding carboxylic acids is 1. The lowest BCUT2D eigenvalue weighted by atomic mass is 9.98. The Morgan fingerprint density at radius 1 is 1.43 bits per heavy atom. The summed E-state index contributed by atoms with van der Waals surface area (Å²) < 4.78 is 0. The fourth-order valence-electron chi connectivity index (χ4n) is 1.71.